The number of amides is 2. The van der Waals surface area contributed by atoms with Crippen molar-refractivity contribution in [3.63, 3.8) is 0 Å². The summed E-state index contributed by atoms with van der Waals surface area (Å²) in [5, 5.41) is 1.91. The Morgan fingerprint density at radius 3 is 2.06 bits per heavy atom. The van der Waals surface area contributed by atoms with Crippen LogP contribution in [-0.2, 0) is 4.79 Å². The smallest absolute Gasteiger partial charge is 0.263 e. The third-order valence-electron chi connectivity index (χ3n) is 6.42. The van der Waals surface area contributed by atoms with Crippen molar-refractivity contribution >= 4 is 28.9 Å². The van der Waals surface area contributed by atoms with Crippen molar-refractivity contribution < 1.29 is 19.1 Å². The molecular formula is C24H28N2O4S. The molecule has 1 aromatic carbocycles. The average Bonchev–Trinajstić information content (AvgIpc) is 3.38. The van der Waals surface area contributed by atoms with E-state index >= 15 is 0 Å². The number of likely N-dealkylation sites (tertiary alicyclic amines) is 2. The van der Waals surface area contributed by atoms with E-state index in [-0.39, 0.29) is 29.4 Å². The van der Waals surface area contributed by atoms with Crippen LogP contribution in [0, 0.1) is 11.8 Å². The molecule has 1 aromatic heterocycles. The van der Waals surface area contributed by atoms with E-state index in [1.54, 1.807) is 19.2 Å². The lowest BCUT2D eigenvalue weighted by molar-refractivity contribution is -0.138. The highest BCUT2D eigenvalue weighted by atomic mass is 32.1. The van der Waals surface area contributed by atoms with Gasteiger partial charge in [-0.25, -0.2) is 0 Å². The summed E-state index contributed by atoms with van der Waals surface area (Å²) in [5.74, 6) is 1.07. The van der Waals surface area contributed by atoms with E-state index < -0.39 is 0 Å². The van der Waals surface area contributed by atoms with Crippen LogP contribution >= 0.6 is 11.3 Å². The van der Waals surface area contributed by atoms with Gasteiger partial charge in [0.2, 0.25) is 5.91 Å². The topological polar surface area (TPSA) is 66.9 Å². The van der Waals surface area contributed by atoms with Crippen LogP contribution in [0.3, 0.4) is 0 Å². The van der Waals surface area contributed by atoms with Crippen LogP contribution in [0.25, 0.3) is 0 Å². The normalized spacial score (nSPS) is 18.1. The number of ether oxygens (including phenoxy) is 1. The fourth-order valence-corrected chi connectivity index (χ4v) is 5.19. The Balaban J connectivity index is 1.25. The number of rotatable bonds is 5. The molecule has 0 atom stereocenters. The number of nitrogens with zero attached hydrogens (tertiary/aromatic N) is 2. The number of methoxy groups -OCH3 is 1. The number of ketones is 1. The summed E-state index contributed by atoms with van der Waals surface area (Å²) in [5.41, 5.74) is 0.702. The van der Waals surface area contributed by atoms with Crippen molar-refractivity contribution in [3.8, 4) is 5.75 Å². The first kappa shape index (κ1) is 21.6. The largest absolute Gasteiger partial charge is 0.497 e. The van der Waals surface area contributed by atoms with E-state index in [9.17, 15) is 14.4 Å². The van der Waals surface area contributed by atoms with Gasteiger partial charge in [0.1, 0.15) is 5.75 Å². The number of Topliss-reactive ketones (excluding diaryl/α,β-unsaturated/α-hetero) is 1. The molecule has 0 bridgehead atoms. The maximum absolute atomic E-state index is 13.0. The SMILES string of the molecule is COc1ccc(C(=O)C2CCN(C(=O)C3CCN(C(=O)c4cccs4)CC3)CC2)cc1. The van der Waals surface area contributed by atoms with E-state index in [0.717, 1.165) is 10.6 Å². The molecule has 0 aliphatic carbocycles. The molecule has 0 N–H and O–H groups in total. The number of carbonyl (C=O) groups is 3. The summed E-state index contributed by atoms with van der Waals surface area (Å²) in [6.45, 7) is 2.50. The quantitative estimate of drug-likeness (QED) is 0.665. The molecule has 0 spiro atoms. The predicted molar refractivity (Wildman–Crippen MR) is 120 cm³/mol. The summed E-state index contributed by atoms with van der Waals surface area (Å²) in [4.78, 5) is 42.8. The van der Waals surface area contributed by atoms with Crippen LogP contribution in [0.5, 0.6) is 5.75 Å². The van der Waals surface area contributed by atoms with Gasteiger partial charge in [0.05, 0.1) is 12.0 Å². The first-order valence-electron chi connectivity index (χ1n) is 10.9. The summed E-state index contributed by atoms with van der Waals surface area (Å²) in [6.07, 6.45) is 2.82. The standard InChI is InChI=1S/C24H28N2O4S/c1-30-20-6-4-17(5-7-20)22(27)18-8-12-25(13-9-18)23(28)19-10-14-26(15-11-19)24(29)21-3-2-16-31-21/h2-7,16,18-19H,8-15H2,1H3. The third-order valence-corrected chi connectivity index (χ3v) is 7.27. The highest BCUT2D eigenvalue weighted by Crippen LogP contribution is 2.27. The lowest BCUT2D eigenvalue weighted by atomic mass is 9.87. The Morgan fingerprint density at radius 2 is 1.48 bits per heavy atom. The molecule has 2 aliphatic heterocycles. The molecule has 0 radical (unpaired) electrons. The number of piperidine rings is 2. The number of thiophene rings is 1. The molecule has 2 saturated heterocycles. The van der Waals surface area contributed by atoms with Gasteiger partial charge in [0.25, 0.3) is 5.91 Å². The molecule has 31 heavy (non-hydrogen) atoms. The first-order valence-corrected chi connectivity index (χ1v) is 11.7. The van der Waals surface area contributed by atoms with Gasteiger partial charge in [0.15, 0.2) is 5.78 Å². The van der Waals surface area contributed by atoms with Crippen molar-refractivity contribution in [1.82, 2.24) is 9.80 Å². The summed E-state index contributed by atoms with van der Waals surface area (Å²) < 4.78 is 5.15. The zero-order valence-corrected chi connectivity index (χ0v) is 18.6. The number of hydrogen-bond donors (Lipinski definition) is 0. The third kappa shape index (κ3) is 4.82. The summed E-state index contributed by atoms with van der Waals surface area (Å²) >= 11 is 1.46. The molecule has 4 rings (SSSR count). The number of hydrogen-bond acceptors (Lipinski definition) is 5. The molecule has 7 heteroatoms. The van der Waals surface area contributed by atoms with Gasteiger partial charge in [-0.2, -0.15) is 0 Å². The molecule has 164 valence electrons. The van der Waals surface area contributed by atoms with E-state index in [4.69, 9.17) is 4.74 Å². The van der Waals surface area contributed by atoms with Crippen LogP contribution < -0.4 is 4.74 Å². The fraction of sp³-hybridized carbons (Fsp3) is 0.458. The lowest BCUT2D eigenvalue weighted by Gasteiger charge is -2.37. The van der Waals surface area contributed by atoms with Crippen molar-refractivity contribution in [2.24, 2.45) is 11.8 Å². The second-order valence-corrected chi connectivity index (χ2v) is 9.18. The van der Waals surface area contributed by atoms with Crippen LogP contribution in [0.2, 0.25) is 0 Å². The Hall–Kier alpha value is -2.67. The molecule has 0 saturated carbocycles. The van der Waals surface area contributed by atoms with Crippen molar-refractivity contribution in [2.45, 2.75) is 25.7 Å². The molecule has 2 amide bonds. The minimum absolute atomic E-state index is 0.0266. The Kier molecular flexibility index (Phi) is 6.70. The molecule has 2 aliphatic rings. The van der Waals surface area contributed by atoms with Crippen molar-refractivity contribution in [1.29, 1.82) is 0 Å². The van der Waals surface area contributed by atoms with Crippen LogP contribution in [-0.4, -0.2) is 60.7 Å². The minimum Gasteiger partial charge on any atom is -0.497 e. The molecular weight excluding hydrogens is 412 g/mol. The lowest BCUT2D eigenvalue weighted by Crippen LogP contribution is -2.47. The second kappa shape index (κ2) is 9.64. The highest BCUT2D eigenvalue weighted by molar-refractivity contribution is 7.12. The first-order chi connectivity index (χ1) is 15.1. The van der Waals surface area contributed by atoms with Gasteiger partial charge < -0.3 is 14.5 Å². The molecule has 0 unspecified atom stereocenters. The average molecular weight is 441 g/mol. The Bertz CT molecular complexity index is 910. The van der Waals surface area contributed by atoms with Crippen LogP contribution in [0.4, 0.5) is 0 Å². The van der Waals surface area contributed by atoms with Gasteiger partial charge >= 0.3 is 0 Å². The van der Waals surface area contributed by atoms with E-state index in [1.165, 1.54) is 11.3 Å². The zero-order chi connectivity index (χ0) is 21.8. The van der Waals surface area contributed by atoms with E-state index in [1.807, 2.05) is 39.4 Å². The number of carbonyl (C=O) groups excluding carboxylic acids is 3. The molecule has 6 nitrogen and oxygen atoms in total. The van der Waals surface area contributed by atoms with Gasteiger partial charge in [-0.05, 0) is 61.4 Å². The van der Waals surface area contributed by atoms with Crippen LogP contribution in [0.1, 0.15) is 45.7 Å². The zero-order valence-electron chi connectivity index (χ0n) is 17.8. The molecule has 2 fully saturated rings. The van der Waals surface area contributed by atoms with Crippen molar-refractivity contribution in [2.75, 3.05) is 33.3 Å². The van der Waals surface area contributed by atoms with Gasteiger partial charge in [0, 0.05) is 43.6 Å². The predicted octanol–water partition coefficient (Wildman–Crippen LogP) is 3.73. The molecule has 2 aromatic rings. The van der Waals surface area contributed by atoms with Gasteiger partial charge in [-0.1, -0.05) is 6.07 Å². The van der Waals surface area contributed by atoms with Gasteiger partial charge in [-0.15, -0.1) is 11.3 Å². The summed E-state index contributed by atoms with van der Waals surface area (Å²) in [7, 11) is 1.61. The van der Waals surface area contributed by atoms with Crippen LogP contribution in [0.15, 0.2) is 41.8 Å². The maximum Gasteiger partial charge on any atom is 0.263 e. The van der Waals surface area contributed by atoms with E-state index in [2.05, 4.69) is 0 Å². The van der Waals surface area contributed by atoms with Gasteiger partial charge in [-0.3, -0.25) is 14.4 Å². The monoisotopic (exact) mass is 440 g/mol. The Morgan fingerprint density at radius 1 is 0.871 bits per heavy atom. The molecule has 3 heterocycles. The summed E-state index contributed by atoms with van der Waals surface area (Å²) in [6, 6.07) is 11.0. The number of benzene rings is 1. The Labute approximate surface area is 186 Å². The highest BCUT2D eigenvalue weighted by Gasteiger charge is 2.34. The van der Waals surface area contributed by atoms with E-state index in [0.29, 0.717) is 57.4 Å². The maximum atomic E-state index is 13.0. The fourth-order valence-electron chi connectivity index (χ4n) is 4.50. The second-order valence-electron chi connectivity index (χ2n) is 8.24. The minimum atomic E-state index is -0.0392. The van der Waals surface area contributed by atoms with Crippen molar-refractivity contribution in [3.05, 3.63) is 52.2 Å².